The molecule has 7 heteroatoms. The van der Waals surface area contributed by atoms with Gasteiger partial charge in [-0.05, 0) is 54.1 Å². The van der Waals surface area contributed by atoms with Gasteiger partial charge >= 0.3 is 0 Å². The number of benzene rings is 3. The van der Waals surface area contributed by atoms with Gasteiger partial charge in [-0.2, -0.15) is 0 Å². The van der Waals surface area contributed by atoms with E-state index in [2.05, 4.69) is 10.9 Å². The molecule has 0 aliphatic rings. The standard InChI is InChI=1S/C22H19ClN2O4/c23-18-8-12-20(13-9-18)29-15-21(26)24-25-22(27)17-6-10-19(11-7-17)28-14-16-4-2-1-3-5-16/h1-13H,14-15H2,(H,24,26)(H,25,27). The maximum atomic E-state index is 12.1. The fourth-order valence-electron chi connectivity index (χ4n) is 2.36. The summed E-state index contributed by atoms with van der Waals surface area (Å²) in [5.74, 6) is 0.211. The molecule has 6 nitrogen and oxygen atoms in total. The molecule has 0 aliphatic carbocycles. The number of hydrogen-bond donors (Lipinski definition) is 2. The number of carbonyl (C=O) groups excluding carboxylic acids is 2. The van der Waals surface area contributed by atoms with E-state index in [0.29, 0.717) is 28.7 Å². The second-order valence-electron chi connectivity index (χ2n) is 6.04. The lowest BCUT2D eigenvalue weighted by Gasteiger charge is -2.10. The fourth-order valence-corrected chi connectivity index (χ4v) is 2.48. The van der Waals surface area contributed by atoms with Crippen LogP contribution in [0, 0.1) is 0 Å². The first-order valence-corrected chi connectivity index (χ1v) is 9.22. The highest BCUT2D eigenvalue weighted by Crippen LogP contribution is 2.15. The van der Waals surface area contributed by atoms with Crippen LogP contribution >= 0.6 is 11.6 Å². The summed E-state index contributed by atoms with van der Waals surface area (Å²) in [7, 11) is 0. The Kier molecular flexibility index (Phi) is 7.08. The zero-order valence-corrected chi connectivity index (χ0v) is 16.2. The number of halogens is 1. The molecule has 148 valence electrons. The molecule has 0 heterocycles. The van der Waals surface area contributed by atoms with Gasteiger partial charge in [0.05, 0.1) is 0 Å². The summed E-state index contributed by atoms with van der Waals surface area (Å²) in [5, 5.41) is 0.575. The van der Waals surface area contributed by atoms with Crippen molar-refractivity contribution in [3.05, 3.63) is 95.0 Å². The van der Waals surface area contributed by atoms with E-state index < -0.39 is 11.8 Å². The molecular formula is C22H19ClN2O4. The van der Waals surface area contributed by atoms with Crippen molar-refractivity contribution in [1.29, 1.82) is 0 Å². The third kappa shape index (κ3) is 6.55. The van der Waals surface area contributed by atoms with E-state index in [0.717, 1.165) is 5.56 Å². The predicted octanol–water partition coefficient (Wildman–Crippen LogP) is 3.76. The van der Waals surface area contributed by atoms with Crippen LogP contribution in [0.25, 0.3) is 0 Å². The highest BCUT2D eigenvalue weighted by atomic mass is 35.5. The summed E-state index contributed by atoms with van der Waals surface area (Å²) in [6.07, 6.45) is 0. The van der Waals surface area contributed by atoms with Crippen LogP contribution in [0.15, 0.2) is 78.9 Å². The summed E-state index contributed by atoms with van der Waals surface area (Å²) in [6.45, 7) is 0.199. The Bertz CT molecular complexity index is 945. The highest BCUT2D eigenvalue weighted by Gasteiger charge is 2.08. The van der Waals surface area contributed by atoms with Crippen molar-refractivity contribution in [1.82, 2.24) is 10.9 Å². The molecule has 2 N–H and O–H groups in total. The third-order valence-electron chi connectivity index (χ3n) is 3.86. The lowest BCUT2D eigenvalue weighted by molar-refractivity contribution is -0.123. The van der Waals surface area contributed by atoms with Gasteiger partial charge in [0.1, 0.15) is 18.1 Å². The van der Waals surface area contributed by atoms with E-state index in [1.165, 1.54) is 0 Å². The molecule has 0 saturated carbocycles. The molecule has 2 amide bonds. The Morgan fingerprint density at radius 2 is 1.38 bits per heavy atom. The van der Waals surface area contributed by atoms with Crippen molar-refractivity contribution in [3.8, 4) is 11.5 Å². The van der Waals surface area contributed by atoms with Gasteiger partial charge in [0.25, 0.3) is 11.8 Å². The Morgan fingerprint density at radius 3 is 2.07 bits per heavy atom. The quantitative estimate of drug-likeness (QED) is 0.581. The minimum absolute atomic E-state index is 0.242. The second-order valence-corrected chi connectivity index (χ2v) is 6.48. The van der Waals surface area contributed by atoms with E-state index in [1.54, 1.807) is 48.5 Å². The summed E-state index contributed by atoms with van der Waals surface area (Å²) in [4.78, 5) is 23.9. The average Bonchev–Trinajstić information content (AvgIpc) is 2.76. The first-order valence-electron chi connectivity index (χ1n) is 8.84. The van der Waals surface area contributed by atoms with Crippen LogP contribution in [-0.2, 0) is 11.4 Å². The van der Waals surface area contributed by atoms with Gasteiger partial charge in [-0.25, -0.2) is 0 Å². The van der Waals surface area contributed by atoms with Crippen molar-refractivity contribution < 1.29 is 19.1 Å². The van der Waals surface area contributed by atoms with Crippen molar-refractivity contribution >= 4 is 23.4 Å². The molecule has 0 unspecified atom stereocenters. The van der Waals surface area contributed by atoms with Gasteiger partial charge in [-0.15, -0.1) is 0 Å². The zero-order valence-electron chi connectivity index (χ0n) is 15.4. The van der Waals surface area contributed by atoms with E-state index in [9.17, 15) is 9.59 Å². The Hall–Kier alpha value is -3.51. The minimum Gasteiger partial charge on any atom is -0.489 e. The number of rotatable bonds is 7. The van der Waals surface area contributed by atoms with Gasteiger partial charge in [-0.3, -0.25) is 20.4 Å². The molecule has 0 fully saturated rings. The molecule has 3 aromatic rings. The number of ether oxygens (including phenoxy) is 2. The molecular weight excluding hydrogens is 392 g/mol. The maximum Gasteiger partial charge on any atom is 0.276 e. The Morgan fingerprint density at radius 1 is 0.759 bits per heavy atom. The normalized spacial score (nSPS) is 10.1. The van der Waals surface area contributed by atoms with Crippen molar-refractivity contribution in [2.75, 3.05) is 6.61 Å². The van der Waals surface area contributed by atoms with Gasteiger partial charge in [0.2, 0.25) is 0 Å². The van der Waals surface area contributed by atoms with E-state index >= 15 is 0 Å². The van der Waals surface area contributed by atoms with Gasteiger partial charge in [-0.1, -0.05) is 41.9 Å². The van der Waals surface area contributed by atoms with Crippen LogP contribution in [0.4, 0.5) is 0 Å². The summed E-state index contributed by atoms with van der Waals surface area (Å²) < 4.78 is 11.0. The van der Waals surface area contributed by atoms with Crippen molar-refractivity contribution in [2.45, 2.75) is 6.61 Å². The molecule has 29 heavy (non-hydrogen) atoms. The van der Waals surface area contributed by atoms with Crippen LogP contribution in [0.3, 0.4) is 0 Å². The van der Waals surface area contributed by atoms with Crippen LogP contribution < -0.4 is 20.3 Å². The maximum absolute atomic E-state index is 12.1. The number of carbonyl (C=O) groups is 2. The smallest absolute Gasteiger partial charge is 0.276 e. The van der Waals surface area contributed by atoms with E-state index in [1.807, 2.05) is 30.3 Å². The molecule has 0 radical (unpaired) electrons. The number of hydrogen-bond acceptors (Lipinski definition) is 4. The molecule has 0 saturated heterocycles. The van der Waals surface area contributed by atoms with Crippen LogP contribution in [0.2, 0.25) is 5.02 Å². The zero-order chi connectivity index (χ0) is 20.5. The molecule has 3 aromatic carbocycles. The highest BCUT2D eigenvalue weighted by molar-refractivity contribution is 6.30. The van der Waals surface area contributed by atoms with Crippen molar-refractivity contribution in [3.63, 3.8) is 0 Å². The third-order valence-corrected chi connectivity index (χ3v) is 4.12. The minimum atomic E-state index is -0.490. The van der Waals surface area contributed by atoms with Crippen molar-refractivity contribution in [2.24, 2.45) is 0 Å². The lowest BCUT2D eigenvalue weighted by atomic mass is 10.2. The molecule has 3 rings (SSSR count). The van der Waals surface area contributed by atoms with E-state index in [-0.39, 0.29) is 6.61 Å². The van der Waals surface area contributed by atoms with E-state index in [4.69, 9.17) is 21.1 Å². The molecule has 0 atom stereocenters. The largest absolute Gasteiger partial charge is 0.489 e. The number of amides is 2. The summed E-state index contributed by atoms with van der Waals surface area (Å²) in [6, 6.07) is 23.0. The second kappa shape index (κ2) is 10.1. The average molecular weight is 411 g/mol. The van der Waals surface area contributed by atoms with Gasteiger partial charge in [0, 0.05) is 10.6 Å². The van der Waals surface area contributed by atoms with Gasteiger partial charge < -0.3 is 9.47 Å². The monoisotopic (exact) mass is 410 g/mol. The first kappa shape index (κ1) is 20.2. The molecule has 0 aliphatic heterocycles. The first-order chi connectivity index (χ1) is 14.1. The Balaban J connectivity index is 1.41. The Labute approximate surface area is 173 Å². The molecule has 0 aromatic heterocycles. The summed E-state index contributed by atoms with van der Waals surface area (Å²) >= 11 is 5.78. The van der Waals surface area contributed by atoms with Crippen LogP contribution in [-0.4, -0.2) is 18.4 Å². The topological polar surface area (TPSA) is 76.7 Å². The molecule has 0 bridgehead atoms. The van der Waals surface area contributed by atoms with Gasteiger partial charge in [0.15, 0.2) is 6.61 Å². The van der Waals surface area contributed by atoms with Crippen LogP contribution in [0.5, 0.6) is 11.5 Å². The van der Waals surface area contributed by atoms with Crippen LogP contribution in [0.1, 0.15) is 15.9 Å². The fraction of sp³-hybridized carbons (Fsp3) is 0.0909. The SMILES string of the molecule is O=C(COc1ccc(Cl)cc1)NNC(=O)c1ccc(OCc2ccccc2)cc1. The lowest BCUT2D eigenvalue weighted by Crippen LogP contribution is -2.43. The number of nitrogens with one attached hydrogen (secondary N) is 2. The molecule has 0 spiro atoms. The predicted molar refractivity (Wildman–Crippen MR) is 110 cm³/mol. The number of hydrazine groups is 1. The summed E-state index contributed by atoms with van der Waals surface area (Å²) in [5.41, 5.74) is 6.08.